The van der Waals surface area contributed by atoms with Gasteiger partial charge < -0.3 is 5.32 Å². The van der Waals surface area contributed by atoms with Crippen LogP contribution in [0.25, 0.3) is 0 Å². The lowest BCUT2D eigenvalue weighted by atomic mass is 9.75. The fourth-order valence-electron chi connectivity index (χ4n) is 3.40. The molecule has 0 aromatic heterocycles. The van der Waals surface area contributed by atoms with Crippen molar-refractivity contribution in [3.05, 3.63) is 0 Å². The van der Waals surface area contributed by atoms with Gasteiger partial charge in [-0.3, -0.25) is 4.90 Å². The van der Waals surface area contributed by atoms with E-state index in [4.69, 9.17) is 0 Å². The van der Waals surface area contributed by atoms with E-state index in [-0.39, 0.29) is 0 Å². The Morgan fingerprint density at radius 1 is 1.12 bits per heavy atom. The van der Waals surface area contributed by atoms with E-state index in [0.29, 0.717) is 5.41 Å². The summed E-state index contributed by atoms with van der Waals surface area (Å²) in [5.41, 5.74) is 0.594. The van der Waals surface area contributed by atoms with Crippen molar-refractivity contribution in [2.24, 2.45) is 11.3 Å². The van der Waals surface area contributed by atoms with Crippen molar-refractivity contribution in [1.29, 1.82) is 0 Å². The molecule has 1 N–H and O–H groups in total. The molecule has 2 nitrogen and oxygen atoms in total. The fourth-order valence-corrected chi connectivity index (χ4v) is 3.40. The molecule has 0 bridgehead atoms. The Labute approximate surface area is 101 Å². The first kappa shape index (κ1) is 12.4. The van der Waals surface area contributed by atoms with E-state index < -0.39 is 0 Å². The zero-order valence-electron chi connectivity index (χ0n) is 11.4. The largest absolute Gasteiger partial charge is 0.315 e. The normalized spacial score (nSPS) is 35.8. The lowest BCUT2D eigenvalue weighted by Gasteiger charge is -2.41. The Balaban J connectivity index is 1.88. The van der Waals surface area contributed by atoms with E-state index >= 15 is 0 Å². The van der Waals surface area contributed by atoms with Gasteiger partial charge in [-0.2, -0.15) is 0 Å². The monoisotopic (exact) mass is 224 g/mol. The molecule has 0 amide bonds. The molecule has 2 fully saturated rings. The van der Waals surface area contributed by atoms with Crippen LogP contribution in [0.5, 0.6) is 0 Å². The Bertz CT molecular complexity index is 227. The van der Waals surface area contributed by atoms with E-state index in [0.717, 1.165) is 18.0 Å². The number of likely N-dealkylation sites (N-methyl/N-ethyl adjacent to an activating group) is 1. The standard InChI is InChI=1S/C14H28N2/c1-11-9-15-10-13(11)16(4)12-5-7-14(2,3)8-6-12/h11-13,15H,5-10H2,1-4H3. The number of hydrogen-bond donors (Lipinski definition) is 1. The summed E-state index contributed by atoms with van der Waals surface area (Å²) in [5.74, 6) is 0.819. The van der Waals surface area contributed by atoms with Crippen molar-refractivity contribution in [3.8, 4) is 0 Å². The minimum Gasteiger partial charge on any atom is -0.315 e. The summed E-state index contributed by atoms with van der Waals surface area (Å²) in [4.78, 5) is 2.67. The smallest absolute Gasteiger partial charge is 0.0258 e. The summed E-state index contributed by atoms with van der Waals surface area (Å²) in [6, 6.07) is 1.60. The second-order valence-corrected chi connectivity index (χ2v) is 6.76. The van der Waals surface area contributed by atoms with E-state index in [2.05, 4.69) is 38.0 Å². The van der Waals surface area contributed by atoms with Crippen LogP contribution in [0.15, 0.2) is 0 Å². The van der Waals surface area contributed by atoms with Gasteiger partial charge in [0, 0.05) is 18.6 Å². The van der Waals surface area contributed by atoms with Gasteiger partial charge in [-0.25, -0.2) is 0 Å². The van der Waals surface area contributed by atoms with Crippen molar-refractivity contribution in [2.45, 2.75) is 58.5 Å². The third-order valence-electron chi connectivity index (χ3n) is 4.88. The average molecular weight is 224 g/mol. The summed E-state index contributed by atoms with van der Waals surface area (Å²) < 4.78 is 0. The van der Waals surface area contributed by atoms with Crippen LogP contribution < -0.4 is 5.32 Å². The molecule has 94 valence electrons. The molecule has 2 rings (SSSR count). The molecule has 1 saturated carbocycles. The molecule has 2 atom stereocenters. The van der Waals surface area contributed by atoms with Crippen molar-refractivity contribution >= 4 is 0 Å². The molecule has 1 aliphatic carbocycles. The van der Waals surface area contributed by atoms with Gasteiger partial charge >= 0.3 is 0 Å². The maximum absolute atomic E-state index is 3.52. The molecule has 16 heavy (non-hydrogen) atoms. The van der Waals surface area contributed by atoms with Gasteiger partial charge in [0.2, 0.25) is 0 Å². The average Bonchev–Trinajstić information content (AvgIpc) is 2.63. The lowest BCUT2D eigenvalue weighted by Crippen LogP contribution is -2.46. The first-order valence-corrected chi connectivity index (χ1v) is 6.92. The van der Waals surface area contributed by atoms with Gasteiger partial charge in [0.25, 0.3) is 0 Å². The second-order valence-electron chi connectivity index (χ2n) is 6.76. The van der Waals surface area contributed by atoms with Crippen molar-refractivity contribution < 1.29 is 0 Å². The molecule has 0 radical (unpaired) electrons. The molecule has 2 heteroatoms. The predicted octanol–water partition coefficient (Wildman–Crippen LogP) is 2.49. The van der Waals surface area contributed by atoms with E-state index in [1.54, 1.807) is 0 Å². The summed E-state index contributed by atoms with van der Waals surface area (Å²) in [6.45, 7) is 9.62. The highest BCUT2D eigenvalue weighted by Crippen LogP contribution is 2.37. The summed E-state index contributed by atoms with van der Waals surface area (Å²) in [7, 11) is 2.34. The second kappa shape index (κ2) is 4.66. The molecule has 1 aliphatic heterocycles. The third-order valence-corrected chi connectivity index (χ3v) is 4.88. The van der Waals surface area contributed by atoms with Gasteiger partial charge in [0.1, 0.15) is 0 Å². The van der Waals surface area contributed by atoms with Gasteiger partial charge in [-0.15, -0.1) is 0 Å². The van der Waals surface area contributed by atoms with E-state index in [1.165, 1.54) is 38.8 Å². The molecule has 0 aromatic carbocycles. The Kier molecular flexibility index (Phi) is 3.60. The quantitative estimate of drug-likeness (QED) is 0.775. The number of rotatable bonds is 2. The zero-order chi connectivity index (χ0) is 11.8. The van der Waals surface area contributed by atoms with Crippen molar-refractivity contribution in [2.75, 3.05) is 20.1 Å². The minimum absolute atomic E-state index is 0.594. The molecule has 2 unspecified atom stereocenters. The van der Waals surface area contributed by atoms with Crippen LogP contribution >= 0.6 is 0 Å². The van der Waals surface area contributed by atoms with Crippen LogP contribution in [0.1, 0.15) is 46.5 Å². The molecule has 2 aliphatic rings. The van der Waals surface area contributed by atoms with Gasteiger partial charge in [-0.05, 0) is 50.6 Å². The van der Waals surface area contributed by atoms with Crippen molar-refractivity contribution in [1.82, 2.24) is 10.2 Å². The maximum Gasteiger partial charge on any atom is 0.0258 e. The van der Waals surface area contributed by atoms with E-state index in [9.17, 15) is 0 Å². The van der Waals surface area contributed by atoms with E-state index in [1.807, 2.05) is 0 Å². The molecule has 0 aromatic rings. The highest BCUT2D eigenvalue weighted by Gasteiger charge is 2.34. The van der Waals surface area contributed by atoms with Crippen LogP contribution in [-0.2, 0) is 0 Å². The van der Waals surface area contributed by atoms with Gasteiger partial charge in [0.15, 0.2) is 0 Å². The lowest BCUT2D eigenvalue weighted by molar-refractivity contribution is 0.0874. The predicted molar refractivity (Wildman–Crippen MR) is 69.6 cm³/mol. The molecule has 0 spiro atoms. The molecule has 1 saturated heterocycles. The van der Waals surface area contributed by atoms with Crippen LogP contribution in [-0.4, -0.2) is 37.1 Å². The first-order chi connectivity index (χ1) is 7.49. The highest BCUT2D eigenvalue weighted by molar-refractivity contribution is 4.90. The third kappa shape index (κ3) is 2.60. The number of hydrogen-bond acceptors (Lipinski definition) is 2. The molecular weight excluding hydrogens is 196 g/mol. The fraction of sp³-hybridized carbons (Fsp3) is 1.00. The van der Waals surface area contributed by atoms with Crippen LogP contribution in [0.4, 0.5) is 0 Å². The maximum atomic E-state index is 3.52. The van der Waals surface area contributed by atoms with Crippen LogP contribution in [0.2, 0.25) is 0 Å². The zero-order valence-corrected chi connectivity index (χ0v) is 11.4. The van der Waals surface area contributed by atoms with Gasteiger partial charge in [-0.1, -0.05) is 20.8 Å². The topological polar surface area (TPSA) is 15.3 Å². The SMILES string of the molecule is CC1CNCC1N(C)C1CCC(C)(C)CC1. The minimum atomic E-state index is 0.594. The Morgan fingerprint density at radius 3 is 2.25 bits per heavy atom. The Hall–Kier alpha value is -0.0800. The summed E-state index contributed by atoms with van der Waals surface area (Å²) >= 11 is 0. The summed E-state index contributed by atoms with van der Waals surface area (Å²) in [5, 5.41) is 3.52. The number of nitrogens with zero attached hydrogens (tertiary/aromatic N) is 1. The molecular formula is C14H28N2. The number of nitrogens with one attached hydrogen (secondary N) is 1. The van der Waals surface area contributed by atoms with Gasteiger partial charge in [0.05, 0.1) is 0 Å². The van der Waals surface area contributed by atoms with Crippen molar-refractivity contribution in [3.63, 3.8) is 0 Å². The summed E-state index contributed by atoms with van der Waals surface area (Å²) in [6.07, 6.45) is 5.59. The molecule has 1 heterocycles. The Morgan fingerprint density at radius 2 is 1.75 bits per heavy atom. The van der Waals surface area contributed by atoms with Crippen LogP contribution in [0, 0.1) is 11.3 Å². The van der Waals surface area contributed by atoms with Crippen LogP contribution in [0.3, 0.4) is 0 Å². The highest BCUT2D eigenvalue weighted by atomic mass is 15.2. The first-order valence-electron chi connectivity index (χ1n) is 6.92.